The number of carbonyl (C=O) groups is 1. The summed E-state index contributed by atoms with van der Waals surface area (Å²) in [5.41, 5.74) is 5.21. The minimum absolute atomic E-state index is 0.100. The number of methoxy groups -OCH3 is 1. The van der Waals surface area contributed by atoms with Crippen LogP contribution in [0.3, 0.4) is 0 Å². The highest BCUT2D eigenvalue weighted by molar-refractivity contribution is 7.99. The smallest absolute Gasteiger partial charge is 0.330 e. The Hall–Kier alpha value is -3.90. The average molecular weight is 483 g/mol. The molecule has 11 nitrogen and oxygen atoms in total. The molecule has 0 unspecified atom stereocenters. The summed E-state index contributed by atoms with van der Waals surface area (Å²) < 4.78 is 13.4. The van der Waals surface area contributed by atoms with Crippen LogP contribution in [0.4, 0.5) is 5.82 Å². The van der Waals surface area contributed by atoms with Gasteiger partial charge in [0.05, 0.1) is 31.7 Å². The van der Waals surface area contributed by atoms with E-state index in [1.165, 1.54) is 7.11 Å². The van der Waals surface area contributed by atoms with E-state index in [4.69, 9.17) is 14.9 Å². The van der Waals surface area contributed by atoms with Gasteiger partial charge in [-0.1, -0.05) is 42.1 Å². The number of hydrogen-bond acceptors (Lipinski definition) is 9. The molecule has 1 aromatic carbocycles. The molecule has 3 heterocycles. The quantitative estimate of drug-likeness (QED) is 0.254. The van der Waals surface area contributed by atoms with Crippen LogP contribution in [0.25, 0.3) is 11.6 Å². The molecule has 0 aliphatic heterocycles. The maximum atomic E-state index is 13.0. The molecule has 3 aromatic heterocycles. The number of H-pyrrole nitrogens is 1. The first-order valence-electron chi connectivity index (χ1n) is 10.3. The third-order valence-corrected chi connectivity index (χ3v) is 5.98. The molecule has 0 saturated carbocycles. The predicted molar refractivity (Wildman–Crippen MR) is 126 cm³/mol. The van der Waals surface area contributed by atoms with Gasteiger partial charge in [-0.15, -0.1) is 10.2 Å². The molecule has 0 amide bonds. The average Bonchev–Trinajstić information content (AvgIpc) is 3.48. The number of ketones is 1. The van der Waals surface area contributed by atoms with Crippen LogP contribution in [0.15, 0.2) is 67.9 Å². The molecule has 4 rings (SSSR count). The summed E-state index contributed by atoms with van der Waals surface area (Å²) in [7, 11) is 1.47. The SMILES string of the molecule is COCCn1c(N)c(C(=O)CSc2nnc(-c3ccco3)n2Cc2ccccc2)c(=O)[nH]c1=O. The van der Waals surface area contributed by atoms with E-state index >= 15 is 0 Å². The fourth-order valence-corrected chi connectivity index (χ4v) is 4.17. The number of aromatic nitrogens is 5. The van der Waals surface area contributed by atoms with Gasteiger partial charge >= 0.3 is 5.69 Å². The Balaban J connectivity index is 1.61. The van der Waals surface area contributed by atoms with E-state index in [9.17, 15) is 14.4 Å². The van der Waals surface area contributed by atoms with E-state index in [1.54, 1.807) is 18.4 Å². The van der Waals surface area contributed by atoms with Crippen molar-refractivity contribution in [1.82, 2.24) is 24.3 Å². The number of nitrogens with two attached hydrogens (primary N) is 1. The van der Waals surface area contributed by atoms with Crippen LogP contribution in [0.2, 0.25) is 0 Å². The number of aromatic amines is 1. The number of hydrogen-bond donors (Lipinski definition) is 2. The summed E-state index contributed by atoms with van der Waals surface area (Å²) in [6.07, 6.45) is 1.54. The Morgan fingerprint density at radius 3 is 2.65 bits per heavy atom. The Bertz CT molecular complexity index is 1390. The molecule has 0 fully saturated rings. The van der Waals surface area contributed by atoms with E-state index in [-0.39, 0.29) is 30.3 Å². The Morgan fingerprint density at radius 2 is 1.94 bits per heavy atom. The van der Waals surface area contributed by atoms with E-state index in [0.29, 0.717) is 23.3 Å². The molecule has 12 heteroatoms. The topological polar surface area (TPSA) is 151 Å². The van der Waals surface area contributed by atoms with Gasteiger partial charge in [0.25, 0.3) is 5.56 Å². The Labute approximate surface area is 197 Å². The summed E-state index contributed by atoms with van der Waals surface area (Å²) in [5.74, 6) is 0.171. The largest absolute Gasteiger partial charge is 0.461 e. The molecule has 0 radical (unpaired) electrons. The van der Waals surface area contributed by atoms with Gasteiger partial charge in [0.1, 0.15) is 11.4 Å². The number of rotatable bonds is 10. The number of carbonyl (C=O) groups excluding carboxylic acids is 1. The van der Waals surface area contributed by atoms with Crippen molar-refractivity contribution in [2.45, 2.75) is 18.2 Å². The van der Waals surface area contributed by atoms with Crippen molar-refractivity contribution in [1.29, 1.82) is 0 Å². The van der Waals surface area contributed by atoms with Crippen molar-refractivity contribution in [3.63, 3.8) is 0 Å². The van der Waals surface area contributed by atoms with Crippen LogP contribution in [0.1, 0.15) is 15.9 Å². The molecule has 0 aliphatic carbocycles. The lowest BCUT2D eigenvalue weighted by atomic mass is 10.2. The molecule has 176 valence electrons. The fourth-order valence-electron chi connectivity index (χ4n) is 3.36. The predicted octanol–water partition coefficient (Wildman–Crippen LogP) is 1.64. The second-order valence-corrected chi connectivity index (χ2v) is 8.17. The molecular weight excluding hydrogens is 460 g/mol. The van der Waals surface area contributed by atoms with Crippen LogP contribution >= 0.6 is 11.8 Å². The number of benzene rings is 1. The van der Waals surface area contributed by atoms with Gasteiger partial charge in [0.15, 0.2) is 16.7 Å². The van der Waals surface area contributed by atoms with Crippen molar-refractivity contribution < 1.29 is 13.9 Å². The zero-order valence-corrected chi connectivity index (χ0v) is 19.1. The Kier molecular flexibility index (Phi) is 7.09. The molecule has 0 spiro atoms. The standard InChI is InChI=1S/C22H22N6O5S/c1-32-11-9-27-18(23)17(20(30)24-21(27)31)15(29)13-34-22-26-25-19(16-8-5-10-33-16)28(22)12-14-6-3-2-4-7-14/h2-8,10H,9,11-13,23H2,1H3,(H,24,30,31). The summed E-state index contributed by atoms with van der Waals surface area (Å²) in [4.78, 5) is 39.5. The highest BCUT2D eigenvalue weighted by Gasteiger charge is 2.22. The van der Waals surface area contributed by atoms with Crippen LogP contribution in [-0.4, -0.2) is 49.6 Å². The number of nitrogens with one attached hydrogen (secondary N) is 1. The molecule has 0 aliphatic rings. The number of nitrogen functional groups attached to an aromatic ring is 1. The first-order chi connectivity index (χ1) is 16.5. The van der Waals surface area contributed by atoms with Crippen molar-refractivity contribution in [3.05, 3.63) is 80.7 Å². The molecule has 0 bridgehead atoms. The maximum absolute atomic E-state index is 13.0. The minimum Gasteiger partial charge on any atom is -0.461 e. The second-order valence-electron chi connectivity index (χ2n) is 7.23. The van der Waals surface area contributed by atoms with Crippen LogP contribution in [0, 0.1) is 0 Å². The zero-order valence-electron chi connectivity index (χ0n) is 18.3. The highest BCUT2D eigenvalue weighted by atomic mass is 32.2. The lowest BCUT2D eigenvalue weighted by Crippen LogP contribution is -2.37. The third kappa shape index (κ3) is 4.87. The summed E-state index contributed by atoms with van der Waals surface area (Å²) >= 11 is 1.11. The zero-order chi connectivity index (χ0) is 24.1. The molecular formula is C22H22N6O5S. The number of ether oxygens (including phenoxy) is 1. The van der Waals surface area contributed by atoms with Crippen molar-refractivity contribution in [2.75, 3.05) is 25.2 Å². The van der Waals surface area contributed by atoms with Gasteiger partial charge in [-0.05, 0) is 17.7 Å². The lowest BCUT2D eigenvalue weighted by molar-refractivity contribution is 0.102. The van der Waals surface area contributed by atoms with E-state index in [1.807, 2.05) is 34.9 Å². The third-order valence-electron chi connectivity index (χ3n) is 5.01. The fraction of sp³-hybridized carbons (Fsp3) is 0.227. The summed E-state index contributed by atoms with van der Waals surface area (Å²) in [5, 5.41) is 8.93. The number of furan rings is 1. The van der Waals surface area contributed by atoms with E-state index in [2.05, 4.69) is 15.2 Å². The number of thioether (sulfide) groups is 1. The molecule has 0 atom stereocenters. The monoisotopic (exact) mass is 482 g/mol. The number of Topliss-reactive ketones (excluding diaryl/α,β-unsaturated/α-hetero) is 1. The van der Waals surface area contributed by atoms with Gasteiger partial charge < -0.3 is 14.9 Å². The molecule has 4 aromatic rings. The van der Waals surface area contributed by atoms with Crippen molar-refractivity contribution >= 4 is 23.4 Å². The highest BCUT2D eigenvalue weighted by Crippen LogP contribution is 2.26. The number of anilines is 1. The molecule has 34 heavy (non-hydrogen) atoms. The van der Waals surface area contributed by atoms with Gasteiger partial charge in [0.2, 0.25) is 5.82 Å². The minimum atomic E-state index is -0.830. The first kappa shape index (κ1) is 23.3. The van der Waals surface area contributed by atoms with Crippen LogP contribution in [-0.2, 0) is 17.8 Å². The van der Waals surface area contributed by atoms with Gasteiger partial charge in [-0.3, -0.25) is 23.7 Å². The summed E-state index contributed by atoms with van der Waals surface area (Å²) in [6.45, 7) is 0.741. The normalized spacial score (nSPS) is 11.1. The van der Waals surface area contributed by atoms with E-state index < -0.39 is 17.0 Å². The second kappa shape index (κ2) is 10.4. The van der Waals surface area contributed by atoms with Crippen LogP contribution in [0.5, 0.6) is 0 Å². The first-order valence-corrected chi connectivity index (χ1v) is 11.3. The van der Waals surface area contributed by atoms with Gasteiger partial charge in [0, 0.05) is 7.11 Å². The van der Waals surface area contributed by atoms with Crippen molar-refractivity contribution in [2.24, 2.45) is 0 Å². The maximum Gasteiger partial charge on any atom is 0.330 e. The van der Waals surface area contributed by atoms with Gasteiger partial charge in [-0.2, -0.15) is 0 Å². The van der Waals surface area contributed by atoms with Crippen LogP contribution < -0.4 is 17.0 Å². The lowest BCUT2D eigenvalue weighted by Gasteiger charge is -2.12. The number of nitrogens with zero attached hydrogens (tertiary/aromatic N) is 4. The van der Waals surface area contributed by atoms with E-state index in [0.717, 1.165) is 21.9 Å². The molecule has 0 saturated heterocycles. The molecule has 3 N–H and O–H groups in total. The van der Waals surface area contributed by atoms with Crippen molar-refractivity contribution in [3.8, 4) is 11.6 Å². The summed E-state index contributed by atoms with van der Waals surface area (Å²) in [6, 6.07) is 13.2. The van der Waals surface area contributed by atoms with Gasteiger partial charge in [-0.25, -0.2) is 4.79 Å². The Morgan fingerprint density at radius 1 is 1.15 bits per heavy atom.